The Morgan fingerprint density at radius 1 is 0.909 bits per heavy atom. The fraction of sp³-hybridized carbons (Fsp3) is 0.148. The molecule has 6 nitrogen and oxygen atoms in total. The van der Waals surface area contributed by atoms with Crippen LogP contribution < -0.4 is 11.1 Å². The van der Waals surface area contributed by atoms with Gasteiger partial charge in [0.1, 0.15) is 16.9 Å². The van der Waals surface area contributed by atoms with Crippen LogP contribution in [0.5, 0.6) is 0 Å². The minimum Gasteiger partial charge on any atom is -0.384 e. The number of nitrogens with one attached hydrogen (secondary N) is 1. The Hall–Kier alpha value is -4.19. The number of benzene rings is 3. The molecule has 0 bridgehead atoms. The second-order valence-electron chi connectivity index (χ2n) is 8.42. The molecular weight excluding hydrogens is 410 g/mol. The number of hydrogen-bond acceptors (Lipinski definition) is 4. The van der Waals surface area contributed by atoms with Crippen molar-refractivity contribution >= 4 is 33.9 Å². The summed E-state index contributed by atoms with van der Waals surface area (Å²) < 4.78 is 1.82. The SMILES string of the molecule is Cc1ccc(CNC(=O)c2c(N)n(-c3ccc(C)c(C)c3)c3nc4ccccc4nc23)cc1. The third-order valence-corrected chi connectivity index (χ3v) is 6.05. The maximum atomic E-state index is 13.3. The Kier molecular flexibility index (Phi) is 5.05. The van der Waals surface area contributed by atoms with Gasteiger partial charge in [-0.15, -0.1) is 0 Å². The first-order valence-electron chi connectivity index (χ1n) is 10.9. The molecule has 2 heterocycles. The van der Waals surface area contributed by atoms with Crippen molar-refractivity contribution in [3.8, 4) is 5.69 Å². The summed E-state index contributed by atoms with van der Waals surface area (Å²) in [6, 6.07) is 21.8. The van der Waals surface area contributed by atoms with Gasteiger partial charge < -0.3 is 11.1 Å². The summed E-state index contributed by atoms with van der Waals surface area (Å²) in [7, 11) is 0. The molecule has 0 fully saturated rings. The first-order chi connectivity index (χ1) is 15.9. The summed E-state index contributed by atoms with van der Waals surface area (Å²) in [5, 5.41) is 3.00. The van der Waals surface area contributed by atoms with E-state index < -0.39 is 0 Å². The van der Waals surface area contributed by atoms with E-state index in [1.165, 1.54) is 11.1 Å². The molecule has 5 rings (SSSR count). The van der Waals surface area contributed by atoms with Gasteiger partial charge in [0, 0.05) is 12.2 Å². The van der Waals surface area contributed by atoms with E-state index in [-0.39, 0.29) is 5.91 Å². The van der Waals surface area contributed by atoms with Crippen LogP contribution >= 0.6 is 0 Å². The molecule has 164 valence electrons. The number of aryl methyl sites for hydroxylation is 3. The molecule has 0 spiro atoms. The topological polar surface area (TPSA) is 85.8 Å². The first-order valence-corrected chi connectivity index (χ1v) is 10.9. The number of aromatic nitrogens is 3. The summed E-state index contributed by atoms with van der Waals surface area (Å²) in [5.74, 6) is 0.0511. The minimum absolute atomic E-state index is 0.273. The van der Waals surface area contributed by atoms with Gasteiger partial charge >= 0.3 is 0 Å². The minimum atomic E-state index is -0.273. The van der Waals surface area contributed by atoms with Gasteiger partial charge in [0.15, 0.2) is 5.65 Å². The standard InChI is InChI=1S/C27H25N5O/c1-16-8-11-19(12-9-16)15-29-27(33)23-24-26(31-22-7-5-4-6-21(22)30-24)32(25(23)28)20-13-10-17(2)18(3)14-20/h4-14H,15,28H2,1-3H3,(H,29,33). The zero-order valence-corrected chi connectivity index (χ0v) is 18.9. The van der Waals surface area contributed by atoms with Crippen LogP contribution in [0.3, 0.4) is 0 Å². The number of carbonyl (C=O) groups is 1. The number of hydrogen-bond donors (Lipinski definition) is 2. The highest BCUT2D eigenvalue weighted by Crippen LogP contribution is 2.31. The lowest BCUT2D eigenvalue weighted by molar-refractivity contribution is 0.0953. The molecule has 33 heavy (non-hydrogen) atoms. The average molecular weight is 436 g/mol. The molecule has 0 radical (unpaired) electrons. The Bertz CT molecular complexity index is 1520. The number of amides is 1. The molecule has 3 N–H and O–H groups in total. The summed E-state index contributed by atoms with van der Waals surface area (Å²) in [6.45, 7) is 6.55. The van der Waals surface area contributed by atoms with Crippen LogP contribution in [0.25, 0.3) is 27.9 Å². The van der Waals surface area contributed by atoms with Crippen molar-refractivity contribution in [3.05, 3.63) is 94.5 Å². The Morgan fingerprint density at radius 3 is 2.30 bits per heavy atom. The van der Waals surface area contributed by atoms with E-state index >= 15 is 0 Å². The number of nitrogen functional groups attached to an aromatic ring is 1. The molecule has 0 saturated carbocycles. The smallest absolute Gasteiger partial charge is 0.257 e. The Morgan fingerprint density at radius 2 is 1.61 bits per heavy atom. The third kappa shape index (κ3) is 3.69. The summed E-state index contributed by atoms with van der Waals surface area (Å²) in [5.41, 5.74) is 14.8. The lowest BCUT2D eigenvalue weighted by atomic mass is 10.1. The zero-order valence-electron chi connectivity index (χ0n) is 18.9. The van der Waals surface area contributed by atoms with Crippen LogP contribution in [-0.2, 0) is 6.54 Å². The quantitative estimate of drug-likeness (QED) is 0.415. The molecule has 2 aromatic heterocycles. The normalized spacial score (nSPS) is 11.2. The van der Waals surface area contributed by atoms with E-state index in [0.717, 1.165) is 27.8 Å². The highest BCUT2D eigenvalue weighted by atomic mass is 16.1. The van der Waals surface area contributed by atoms with Crippen molar-refractivity contribution in [2.45, 2.75) is 27.3 Å². The molecule has 3 aromatic carbocycles. The number of fused-ring (bicyclic) bond motifs is 2. The van der Waals surface area contributed by atoms with Crippen molar-refractivity contribution in [3.63, 3.8) is 0 Å². The number of nitrogens with two attached hydrogens (primary N) is 1. The maximum Gasteiger partial charge on any atom is 0.257 e. The van der Waals surface area contributed by atoms with Crippen molar-refractivity contribution in [2.24, 2.45) is 0 Å². The van der Waals surface area contributed by atoms with Crippen LogP contribution in [0.2, 0.25) is 0 Å². The van der Waals surface area contributed by atoms with Crippen LogP contribution in [0.15, 0.2) is 66.7 Å². The number of nitrogens with zero attached hydrogens (tertiary/aromatic N) is 3. The summed E-state index contributed by atoms with van der Waals surface area (Å²) >= 11 is 0. The van der Waals surface area contributed by atoms with E-state index in [9.17, 15) is 4.79 Å². The molecule has 0 aliphatic rings. The molecule has 0 unspecified atom stereocenters. The lowest BCUT2D eigenvalue weighted by Gasteiger charge is -2.10. The first kappa shape index (κ1) is 20.7. The second kappa shape index (κ2) is 8.06. The van der Waals surface area contributed by atoms with E-state index in [1.807, 2.05) is 72.2 Å². The predicted molar refractivity (Wildman–Crippen MR) is 133 cm³/mol. The molecule has 0 atom stereocenters. The van der Waals surface area contributed by atoms with Gasteiger partial charge in [-0.3, -0.25) is 9.36 Å². The van der Waals surface area contributed by atoms with Crippen LogP contribution in [0.1, 0.15) is 32.6 Å². The van der Waals surface area contributed by atoms with E-state index in [4.69, 9.17) is 15.7 Å². The van der Waals surface area contributed by atoms with Gasteiger partial charge in [0.05, 0.1) is 11.0 Å². The van der Waals surface area contributed by atoms with Crippen LogP contribution in [-0.4, -0.2) is 20.4 Å². The Balaban J connectivity index is 1.66. The van der Waals surface area contributed by atoms with E-state index in [0.29, 0.717) is 29.1 Å². The van der Waals surface area contributed by atoms with Gasteiger partial charge in [-0.1, -0.05) is 48.0 Å². The fourth-order valence-electron chi connectivity index (χ4n) is 3.99. The molecule has 0 saturated heterocycles. The van der Waals surface area contributed by atoms with Crippen LogP contribution in [0.4, 0.5) is 5.82 Å². The fourth-order valence-corrected chi connectivity index (χ4v) is 3.99. The number of anilines is 1. The molecular formula is C27H25N5O. The second-order valence-corrected chi connectivity index (χ2v) is 8.42. The van der Waals surface area contributed by atoms with Gasteiger partial charge in [-0.2, -0.15) is 0 Å². The molecule has 0 aliphatic heterocycles. The monoisotopic (exact) mass is 435 g/mol. The highest BCUT2D eigenvalue weighted by molar-refractivity contribution is 6.11. The van der Waals surface area contributed by atoms with Crippen molar-refractivity contribution in [1.82, 2.24) is 19.9 Å². The molecule has 5 aromatic rings. The zero-order chi connectivity index (χ0) is 23.1. The highest BCUT2D eigenvalue weighted by Gasteiger charge is 2.24. The molecule has 0 aliphatic carbocycles. The lowest BCUT2D eigenvalue weighted by Crippen LogP contribution is -2.24. The summed E-state index contributed by atoms with van der Waals surface area (Å²) in [4.78, 5) is 23.0. The predicted octanol–water partition coefficient (Wildman–Crippen LogP) is 5.01. The van der Waals surface area contributed by atoms with E-state index in [1.54, 1.807) is 0 Å². The summed E-state index contributed by atoms with van der Waals surface area (Å²) in [6.07, 6.45) is 0. The van der Waals surface area contributed by atoms with Crippen molar-refractivity contribution < 1.29 is 4.79 Å². The number of carbonyl (C=O) groups excluding carboxylic acids is 1. The van der Waals surface area contributed by atoms with Gasteiger partial charge in [-0.25, -0.2) is 9.97 Å². The third-order valence-electron chi connectivity index (χ3n) is 6.05. The number of para-hydroxylation sites is 2. The molecule has 6 heteroatoms. The van der Waals surface area contributed by atoms with Crippen molar-refractivity contribution in [2.75, 3.05) is 5.73 Å². The van der Waals surface area contributed by atoms with Gasteiger partial charge in [0.25, 0.3) is 5.91 Å². The van der Waals surface area contributed by atoms with Crippen LogP contribution in [0, 0.1) is 20.8 Å². The molecule has 1 amide bonds. The number of rotatable bonds is 4. The maximum absolute atomic E-state index is 13.3. The van der Waals surface area contributed by atoms with Gasteiger partial charge in [-0.05, 0) is 61.7 Å². The average Bonchev–Trinajstić information content (AvgIpc) is 3.09. The largest absolute Gasteiger partial charge is 0.384 e. The van der Waals surface area contributed by atoms with Gasteiger partial charge in [0.2, 0.25) is 0 Å². The van der Waals surface area contributed by atoms with E-state index in [2.05, 4.69) is 25.2 Å². The Labute approximate surface area is 192 Å². The van der Waals surface area contributed by atoms with Crippen molar-refractivity contribution in [1.29, 1.82) is 0 Å².